The van der Waals surface area contributed by atoms with Crippen molar-refractivity contribution >= 4 is 6.16 Å². The first-order chi connectivity index (χ1) is 6.13. The van der Waals surface area contributed by atoms with Crippen LogP contribution in [0.15, 0.2) is 4.42 Å². The van der Waals surface area contributed by atoms with Crippen LogP contribution < -0.4 is 4.74 Å². The van der Waals surface area contributed by atoms with Crippen LogP contribution >= 0.6 is 0 Å². The molecule has 0 radical (unpaired) electrons. The van der Waals surface area contributed by atoms with Gasteiger partial charge in [0.15, 0.2) is 5.89 Å². The van der Waals surface area contributed by atoms with Crippen LogP contribution in [0.25, 0.3) is 0 Å². The van der Waals surface area contributed by atoms with Gasteiger partial charge in [0.2, 0.25) is 0 Å². The fourth-order valence-electron chi connectivity index (χ4n) is 0.830. The predicted molar refractivity (Wildman–Crippen MR) is 43.6 cm³/mol. The zero-order valence-corrected chi connectivity index (χ0v) is 7.79. The molecule has 0 atom stereocenters. The lowest BCUT2D eigenvalue weighted by Gasteiger charge is -1.99. The third-order valence-electron chi connectivity index (χ3n) is 1.30. The number of hydrogen-bond acceptors (Lipinski definition) is 5. The number of ether oxygens (including phenoxy) is 2. The summed E-state index contributed by atoms with van der Waals surface area (Å²) in [5.41, 5.74) is 0.533. The Morgan fingerprint density at radius 2 is 2.23 bits per heavy atom. The van der Waals surface area contributed by atoms with Crippen molar-refractivity contribution in [1.82, 2.24) is 4.98 Å². The highest BCUT2D eigenvalue weighted by atomic mass is 16.8. The van der Waals surface area contributed by atoms with Crippen LogP contribution in [0.4, 0.5) is 4.79 Å². The van der Waals surface area contributed by atoms with Gasteiger partial charge in [-0.25, -0.2) is 9.78 Å². The topological polar surface area (TPSA) is 61.6 Å². The summed E-state index contributed by atoms with van der Waals surface area (Å²) in [5.74, 6) is 0.549. The first kappa shape index (κ1) is 9.57. The van der Waals surface area contributed by atoms with E-state index in [0.717, 1.165) is 0 Å². The van der Waals surface area contributed by atoms with Gasteiger partial charge in [-0.1, -0.05) is 0 Å². The normalized spacial score (nSPS) is 9.77. The van der Waals surface area contributed by atoms with Gasteiger partial charge in [0.1, 0.15) is 5.69 Å². The molecule has 5 nitrogen and oxygen atoms in total. The van der Waals surface area contributed by atoms with Crippen LogP contribution in [0, 0.1) is 13.8 Å². The molecule has 0 spiro atoms. The molecule has 0 amide bonds. The number of carbonyl (C=O) groups is 1. The second-order valence-electron chi connectivity index (χ2n) is 2.39. The van der Waals surface area contributed by atoms with E-state index in [9.17, 15) is 4.79 Å². The first-order valence-electron chi connectivity index (χ1n) is 3.92. The lowest BCUT2D eigenvalue weighted by Crippen LogP contribution is -2.10. The molecule has 0 saturated heterocycles. The van der Waals surface area contributed by atoms with Gasteiger partial charge in [-0.05, 0) is 13.8 Å². The molecule has 5 heteroatoms. The predicted octanol–water partition coefficient (Wildman–Crippen LogP) is 1.83. The Balaban J connectivity index is 2.63. The number of aromatic nitrogens is 1. The molecule has 0 bridgehead atoms. The molecular weight excluding hydrogens is 174 g/mol. The van der Waals surface area contributed by atoms with Crippen LogP contribution in [0.2, 0.25) is 0 Å². The second kappa shape index (κ2) is 3.93. The number of nitrogens with zero attached hydrogens (tertiary/aromatic N) is 1. The number of hydrogen-bond donors (Lipinski definition) is 0. The van der Waals surface area contributed by atoms with Crippen LogP contribution in [0.5, 0.6) is 5.95 Å². The monoisotopic (exact) mass is 185 g/mol. The standard InChI is InChI=1S/C8H11NO4/c1-4-11-8(10)13-7-5(2)9-6(3)12-7/h4H2,1-3H3. The van der Waals surface area contributed by atoms with E-state index in [1.807, 2.05) is 0 Å². The molecule has 13 heavy (non-hydrogen) atoms. The quantitative estimate of drug-likeness (QED) is 0.657. The minimum atomic E-state index is -0.776. The van der Waals surface area contributed by atoms with E-state index in [4.69, 9.17) is 9.15 Å². The van der Waals surface area contributed by atoms with E-state index in [1.54, 1.807) is 20.8 Å². The van der Waals surface area contributed by atoms with Gasteiger partial charge in [-0.2, -0.15) is 0 Å². The molecule has 0 saturated carbocycles. The molecule has 0 aliphatic rings. The summed E-state index contributed by atoms with van der Waals surface area (Å²) in [6.45, 7) is 5.32. The fourth-order valence-corrected chi connectivity index (χ4v) is 0.830. The van der Waals surface area contributed by atoms with Crippen molar-refractivity contribution < 1.29 is 18.7 Å². The van der Waals surface area contributed by atoms with Crippen molar-refractivity contribution in [3.8, 4) is 5.95 Å². The number of oxazole rings is 1. The fraction of sp³-hybridized carbons (Fsp3) is 0.500. The highest BCUT2D eigenvalue weighted by Gasteiger charge is 2.13. The number of rotatable bonds is 2. The van der Waals surface area contributed by atoms with Gasteiger partial charge in [0, 0.05) is 6.92 Å². The summed E-state index contributed by atoms with van der Waals surface area (Å²) in [5, 5.41) is 0. The minimum Gasteiger partial charge on any atom is -0.434 e. The van der Waals surface area contributed by atoms with E-state index in [-0.39, 0.29) is 12.6 Å². The van der Waals surface area contributed by atoms with Crippen molar-refractivity contribution in [2.24, 2.45) is 0 Å². The Morgan fingerprint density at radius 1 is 1.54 bits per heavy atom. The Labute approximate surface area is 75.7 Å². The van der Waals surface area contributed by atoms with Gasteiger partial charge in [-0.15, -0.1) is 0 Å². The lowest BCUT2D eigenvalue weighted by molar-refractivity contribution is 0.0941. The van der Waals surface area contributed by atoms with Crippen LogP contribution in [0.3, 0.4) is 0 Å². The zero-order valence-electron chi connectivity index (χ0n) is 7.79. The smallest absolute Gasteiger partial charge is 0.434 e. The zero-order chi connectivity index (χ0) is 9.84. The minimum absolute atomic E-state index is 0.0935. The summed E-state index contributed by atoms with van der Waals surface area (Å²) in [7, 11) is 0. The molecule has 0 aliphatic carbocycles. The Hall–Kier alpha value is -1.52. The molecule has 0 fully saturated rings. The van der Waals surface area contributed by atoms with Gasteiger partial charge < -0.3 is 13.9 Å². The van der Waals surface area contributed by atoms with Crippen molar-refractivity contribution in [1.29, 1.82) is 0 Å². The average Bonchev–Trinajstić information content (AvgIpc) is 2.30. The molecule has 0 aliphatic heterocycles. The lowest BCUT2D eigenvalue weighted by atomic mass is 10.5. The van der Waals surface area contributed by atoms with Gasteiger partial charge in [-0.3, -0.25) is 0 Å². The molecule has 0 N–H and O–H groups in total. The van der Waals surface area contributed by atoms with Gasteiger partial charge >= 0.3 is 12.1 Å². The highest BCUT2D eigenvalue weighted by molar-refractivity contribution is 5.62. The van der Waals surface area contributed by atoms with Crippen LogP contribution in [-0.2, 0) is 4.74 Å². The molecule has 72 valence electrons. The van der Waals surface area contributed by atoms with E-state index in [0.29, 0.717) is 11.6 Å². The van der Waals surface area contributed by atoms with Crippen molar-refractivity contribution in [2.75, 3.05) is 6.61 Å². The summed E-state index contributed by atoms with van der Waals surface area (Å²) in [4.78, 5) is 14.8. The molecular formula is C8H11NO4. The summed E-state index contributed by atoms with van der Waals surface area (Å²) >= 11 is 0. The maximum Gasteiger partial charge on any atom is 0.516 e. The second-order valence-corrected chi connectivity index (χ2v) is 2.39. The number of carbonyl (C=O) groups excluding carboxylic acids is 1. The summed E-state index contributed by atoms with van der Waals surface area (Å²) < 4.78 is 14.3. The average molecular weight is 185 g/mol. The Morgan fingerprint density at radius 3 is 2.69 bits per heavy atom. The summed E-state index contributed by atoms with van der Waals surface area (Å²) in [6.07, 6.45) is -0.776. The van der Waals surface area contributed by atoms with Crippen LogP contribution in [-0.4, -0.2) is 17.7 Å². The largest absolute Gasteiger partial charge is 0.516 e. The molecule has 1 heterocycles. The van der Waals surface area contributed by atoms with Crippen LogP contribution in [0.1, 0.15) is 18.5 Å². The van der Waals surface area contributed by atoms with Crippen molar-refractivity contribution in [3.63, 3.8) is 0 Å². The van der Waals surface area contributed by atoms with Gasteiger partial charge in [0.05, 0.1) is 6.61 Å². The third-order valence-corrected chi connectivity index (χ3v) is 1.30. The van der Waals surface area contributed by atoms with E-state index in [1.165, 1.54) is 0 Å². The van der Waals surface area contributed by atoms with Crippen molar-refractivity contribution in [2.45, 2.75) is 20.8 Å². The number of aryl methyl sites for hydroxylation is 2. The highest BCUT2D eigenvalue weighted by Crippen LogP contribution is 2.18. The molecule has 1 aromatic heterocycles. The summed E-state index contributed by atoms with van der Waals surface area (Å²) in [6, 6.07) is 0. The van der Waals surface area contributed by atoms with E-state index < -0.39 is 6.16 Å². The Bertz CT molecular complexity index is 305. The maximum absolute atomic E-state index is 10.8. The molecule has 0 aromatic carbocycles. The van der Waals surface area contributed by atoms with E-state index >= 15 is 0 Å². The molecule has 1 aromatic rings. The van der Waals surface area contributed by atoms with Crippen molar-refractivity contribution in [3.05, 3.63) is 11.6 Å². The van der Waals surface area contributed by atoms with E-state index in [2.05, 4.69) is 9.72 Å². The maximum atomic E-state index is 10.8. The first-order valence-corrected chi connectivity index (χ1v) is 3.92. The third kappa shape index (κ3) is 2.47. The Kier molecular flexibility index (Phi) is 2.89. The SMILES string of the molecule is CCOC(=O)Oc1oc(C)nc1C. The van der Waals surface area contributed by atoms with Gasteiger partial charge in [0.25, 0.3) is 0 Å². The molecule has 0 unspecified atom stereocenters. The molecule has 1 rings (SSSR count).